The zero-order chi connectivity index (χ0) is 10.4. The Kier molecular flexibility index (Phi) is 6.66. The van der Waals surface area contributed by atoms with Crippen molar-refractivity contribution in [1.29, 1.82) is 0 Å². The Labute approximate surface area is 94.1 Å². The van der Waals surface area contributed by atoms with Crippen LogP contribution in [0, 0.1) is 13.8 Å². The van der Waals surface area contributed by atoms with E-state index >= 15 is 0 Å². The van der Waals surface area contributed by atoms with Crippen LogP contribution in [0.4, 0.5) is 0 Å². The van der Waals surface area contributed by atoms with E-state index in [1.807, 2.05) is 39.8 Å². The SMILES string of the molecule is CC.Cc1cc(SCl)c(C)cc1Cl. The van der Waals surface area contributed by atoms with Crippen molar-refractivity contribution < 1.29 is 0 Å². The molecule has 0 bridgehead atoms. The van der Waals surface area contributed by atoms with Gasteiger partial charge in [-0.05, 0) is 58.8 Å². The normalized spacial score (nSPS) is 9.08. The van der Waals surface area contributed by atoms with E-state index in [1.54, 1.807) is 0 Å². The fourth-order valence-corrected chi connectivity index (χ4v) is 1.96. The molecule has 0 saturated carbocycles. The van der Waals surface area contributed by atoms with Gasteiger partial charge >= 0.3 is 0 Å². The number of benzene rings is 1. The lowest BCUT2D eigenvalue weighted by Gasteiger charge is -2.03. The van der Waals surface area contributed by atoms with Crippen molar-refractivity contribution in [1.82, 2.24) is 0 Å². The second kappa shape index (κ2) is 6.58. The van der Waals surface area contributed by atoms with E-state index in [-0.39, 0.29) is 0 Å². The van der Waals surface area contributed by atoms with Gasteiger partial charge in [-0.15, -0.1) is 0 Å². The predicted octanol–water partition coefficient (Wildman–Crippen LogP) is 5.23. The molecule has 0 nitrogen and oxygen atoms in total. The summed E-state index contributed by atoms with van der Waals surface area (Å²) < 4.78 is 0. The molecule has 1 aromatic carbocycles. The van der Waals surface area contributed by atoms with E-state index in [9.17, 15) is 0 Å². The molecule has 0 aromatic heterocycles. The van der Waals surface area contributed by atoms with Crippen LogP contribution < -0.4 is 0 Å². The molecule has 0 fully saturated rings. The molecule has 0 amide bonds. The molecule has 0 unspecified atom stereocenters. The summed E-state index contributed by atoms with van der Waals surface area (Å²) in [5.74, 6) is 0. The minimum Gasteiger partial charge on any atom is -0.0840 e. The summed E-state index contributed by atoms with van der Waals surface area (Å²) in [4.78, 5) is 1.08. The molecule has 0 atom stereocenters. The summed E-state index contributed by atoms with van der Waals surface area (Å²) in [6, 6.07) is 3.93. The van der Waals surface area contributed by atoms with Crippen molar-refractivity contribution in [3.05, 3.63) is 28.3 Å². The second-order valence-corrected chi connectivity index (χ2v) is 3.91. The first kappa shape index (κ1) is 13.2. The molecule has 0 heterocycles. The summed E-state index contributed by atoms with van der Waals surface area (Å²) in [6.45, 7) is 7.97. The van der Waals surface area contributed by atoms with Gasteiger partial charge in [-0.1, -0.05) is 25.4 Å². The third-order valence-electron chi connectivity index (χ3n) is 1.54. The molecule has 3 heteroatoms. The van der Waals surface area contributed by atoms with Crippen molar-refractivity contribution in [2.24, 2.45) is 0 Å². The molecule has 1 aromatic rings. The second-order valence-electron chi connectivity index (χ2n) is 2.44. The first-order valence-electron chi connectivity index (χ1n) is 4.20. The lowest BCUT2D eigenvalue weighted by molar-refractivity contribution is 1.27. The van der Waals surface area contributed by atoms with E-state index in [0.717, 1.165) is 21.0 Å². The number of halogens is 2. The number of rotatable bonds is 1. The van der Waals surface area contributed by atoms with Crippen LogP contribution in [0.2, 0.25) is 5.02 Å². The average molecular weight is 237 g/mol. The van der Waals surface area contributed by atoms with E-state index < -0.39 is 0 Å². The number of aryl methyl sites for hydroxylation is 2. The van der Waals surface area contributed by atoms with E-state index in [1.165, 1.54) is 11.0 Å². The van der Waals surface area contributed by atoms with Gasteiger partial charge in [-0.3, -0.25) is 0 Å². The molecule has 1 rings (SSSR count). The van der Waals surface area contributed by atoms with Gasteiger partial charge in [0.05, 0.1) is 0 Å². The molecule has 0 aliphatic heterocycles. The Morgan fingerprint density at radius 1 is 1.08 bits per heavy atom. The lowest BCUT2D eigenvalue weighted by Crippen LogP contribution is -1.81. The zero-order valence-corrected chi connectivity index (χ0v) is 10.6. The molecule has 0 aliphatic carbocycles. The molecule has 74 valence electrons. The van der Waals surface area contributed by atoms with Crippen molar-refractivity contribution in [3.63, 3.8) is 0 Å². The van der Waals surface area contributed by atoms with Crippen LogP contribution in [0.1, 0.15) is 25.0 Å². The van der Waals surface area contributed by atoms with E-state index in [0.29, 0.717) is 0 Å². The van der Waals surface area contributed by atoms with Gasteiger partial charge in [-0.2, -0.15) is 0 Å². The Bertz CT molecular complexity index is 272. The predicted molar refractivity (Wildman–Crippen MR) is 64.0 cm³/mol. The van der Waals surface area contributed by atoms with Gasteiger partial charge in [0.2, 0.25) is 0 Å². The molecule has 0 saturated heterocycles. The van der Waals surface area contributed by atoms with Crippen LogP contribution in [-0.4, -0.2) is 0 Å². The summed E-state index contributed by atoms with van der Waals surface area (Å²) in [7, 11) is 6.86. The van der Waals surface area contributed by atoms with Crippen LogP contribution in [-0.2, 0) is 0 Å². The maximum atomic E-state index is 5.89. The van der Waals surface area contributed by atoms with Gasteiger partial charge in [0.15, 0.2) is 0 Å². The Morgan fingerprint density at radius 3 is 2.08 bits per heavy atom. The maximum absolute atomic E-state index is 5.89. The first-order chi connectivity index (χ1) is 6.15. The Morgan fingerprint density at radius 2 is 1.62 bits per heavy atom. The topological polar surface area (TPSA) is 0 Å². The molecular formula is C10H14Cl2S. The quantitative estimate of drug-likeness (QED) is 0.644. The molecule has 0 N–H and O–H groups in total. The van der Waals surface area contributed by atoms with Crippen molar-refractivity contribution in [2.75, 3.05) is 0 Å². The van der Waals surface area contributed by atoms with Gasteiger partial charge in [0, 0.05) is 9.92 Å². The van der Waals surface area contributed by atoms with E-state index in [4.69, 9.17) is 22.3 Å². The highest BCUT2D eigenvalue weighted by molar-refractivity contribution is 8.21. The highest BCUT2D eigenvalue weighted by atomic mass is 35.7. The third kappa shape index (κ3) is 3.80. The number of hydrogen-bond donors (Lipinski definition) is 0. The summed E-state index contributed by atoms with van der Waals surface area (Å²) >= 11 is 5.89. The fourth-order valence-electron chi connectivity index (χ4n) is 0.838. The molecule has 0 spiro atoms. The number of hydrogen-bond acceptors (Lipinski definition) is 1. The summed E-state index contributed by atoms with van der Waals surface area (Å²) in [6.07, 6.45) is 0. The zero-order valence-electron chi connectivity index (χ0n) is 8.32. The van der Waals surface area contributed by atoms with Gasteiger partial charge in [-0.25, -0.2) is 0 Å². The van der Waals surface area contributed by atoms with Gasteiger partial charge in [0.25, 0.3) is 0 Å². The van der Waals surface area contributed by atoms with Crippen LogP contribution in [0.3, 0.4) is 0 Å². The highest BCUT2D eigenvalue weighted by Gasteiger charge is 2.01. The first-order valence-corrected chi connectivity index (χ1v) is 6.22. The van der Waals surface area contributed by atoms with Crippen LogP contribution >= 0.6 is 33.3 Å². The van der Waals surface area contributed by atoms with Crippen molar-refractivity contribution in [3.8, 4) is 0 Å². The molecule has 0 radical (unpaired) electrons. The molecule has 0 aliphatic rings. The fraction of sp³-hybridized carbons (Fsp3) is 0.400. The monoisotopic (exact) mass is 236 g/mol. The smallest absolute Gasteiger partial charge is 0.0438 e. The Hall–Kier alpha value is 0.150. The standard InChI is InChI=1S/C8H8Cl2S.C2H6/c1-5-4-8(11-10)6(2)3-7(5)9;1-2/h3-4H,1-2H3;1-2H3. The van der Waals surface area contributed by atoms with Gasteiger partial charge < -0.3 is 0 Å². The van der Waals surface area contributed by atoms with Crippen molar-refractivity contribution in [2.45, 2.75) is 32.6 Å². The molecular weight excluding hydrogens is 223 g/mol. The molecule has 13 heavy (non-hydrogen) atoms. The average Bonchev–Trinajstić information content (AvgIpc) is 2.15. The van der Waals surface area contributed by atoms with Crippen molar-refractivity contribution >= 4 is 33.3 Å². The Balaban J connectivity index is 0.000000671. The largest absolute Gasteiger partial charge is 0.0840 e. The minimum absolute atomic E-state index is 0.803. The van der Waals surface area contributed by atoms with Crippen LogP contribution in [0.15, 0.2) is 17.0 Å². The van der Waals surface area contributed by atoms with E-state index in [2.05, 4.69) is 0 Å². The summed E-state index contributed by atoms with van der Waals surface area (Å²) in [5.41, 5.74) is 2.20. The lowest BCUT2D eigenvalue weighted by atomic mass is 10.2. The minimum atomic E-state index is 0.803. The van der Waals surface area contributed by atoms with Crippen LogP contribution in [0.25, 0.3) is 0 Å². The summed E-state index contributed by atoms with van der Waals surface area (Å²) in [5, 5.41) is 0.803. The third-order valence-corrected chi connectivity index (χ3v) is 3.05. The van der Waals surface area contributed by atoms with Crippen LogP contribution in [0.5, 0.6) is 0 Å². The maximum Gasteiger partial charge on any atom is 0.0438 e. The van der Waals surface area contributed by atoms with Gasteiger partial charge in [0.1, 0.15) is 0 Å². The highest BCUT2D eigenvalue weighted by Crippen LogP contribution is 2.29.